The summed E-state index contributed by atoms with van der Waals surface area (Å²) >= 11 is 5.99. The molecule has 1 spiro atoms. The Morgan fingerprint density at radius 1 is 1.20 bits per heavy atom. The minimum atomic E-state index is -0.851. The highest BCUT2D eigenvalue weighted by Gasteiger charge is 2.55. The van der Waals surface area contributed by atoms with Crippen molar-refractivity contribution in [2.24, 2.45) is 5.92 Å². The highest BCUT2D eigenvalue weighted by atomic mass is 35.5. The fourth-order valence-electron chi connectivity index (χ4n) is 4.90. The van der Waals surface area contributed by atoms with Crippen LogP contribution in [0.2, 0.25) is 5.02 Å². The molecule has 1 saturated heterocycles. The van der Waals surface area contributed by atoms with Gasteiger partial charge < -0.3 is 9.88 Å². The summed E-state index contributed by atoms with van der Waals surface area (Å²) < 4.78 is 1.97. The van der Waals surface area contributed by atoms with E-state index in [0.29, 0.717) is 17.0 Å². The third-order valence-corrected chi connectivity index (χ3v) is 6.87. The average Bonchev–Trinajstić information content (AvgIpc) is 3.13. The highest BCUT2D eigenvalue weighted by Crippen LogP contribution is 2.38. The van der Waals surface area contributed by atoms with Gasteiger partial charge in [0, 0.05) is 27.7 Å². The van der Waals surface area contributed by atoms with Crippen LogP contribution in [0.1, 0.15) is 54.4 Å². The first kappa shape index (κ1) is 20.7. The van der Waals surface area contributed by atoms with Gasteiger partial charge >= 0.3 is 6.03 Å². The number of aromatic nitrogens is 1. The molecule has 1 N–H and O–H groups in total. The largest absolute Gasteiger partial charge is 0.325 e. The predicted molar refractivity (Wildman–Crippen MR) is 115 cm³/mol. The van der Waals surface area contributed by atoms with Crippen LogP contribution in [-0.2, 0) is 4.79 Å². The summed E-state index contributed by atoms with van der Waals surface area (Å²) in [6.45, 7) is 5.54. The molecule has 158 valence electrons. The van der Waals surface area contributed by atoms with Crippen LogP contribution in [0.3, 0.4) is 0 Å². The number of urea groups is 1. The van der Waals surface area contributed by atoms with E-state index in [1.54, 1.807) is 12.1 Å². The third kappa shape index (κ3) is 3.23. The molecule has 1 aromatic carbocycles. The lowest BCUT2D eigenvalue weighted by molar-refractivity contribution is -0.133. The van der Waals surface area contributed by atoms with E-state index in [4.69, 9.17) is 11.6 Å². The quantitative estimate of drug-likeness (QED) is 0.579. The molecule has 1 aliphatic heterocycles. The molecule has 1 aliphatic carbocycles. The van der Waals surface area contributed by atoms with Gasteiger partial charge in [0.25, 0.3) is 5.91 Å². The van der Waals surface area contributed by atoms with Gasteiger partial charge in [-0.2, -0.15) is 0 Å². The Hall–Kier alpha value is -2.60. The smallest absolute Gasteiger partial charge is 0.323 e. The molecule has 7 heteroatoms. The molecule has 30 heavy (non-hydrogen) atoms. The van der Waals surface area contributed by atoms with E-state index in [1.807, 2.05) is 43.5 Å². The number of hydrogen-bond acceptors (Lipinski definition) is 3. The number of imide groups is 1. The van der Waals surface area contributed by atoms with Crippen molar-refractivity contribution < 1.29 is 14.4 Å². The number of aryl methyl sites for hydroxylation is 1. The van der Waals surface area contributed by atoms with E-state index in [0.717, 1.165) is 41.2 Å². The number of nitrogens with zero attached hydrogens (tertiary/aromatic N) is 2. The van der Waals surface area contributed by atoms with Gasteiger partial charge in [0.2, 0.25) is 0 Å². The van der Waals surface area contributed by atoms with E-state index in [2.05, 4.69) is 5.32 Å². The van der Waals surface area contributed by atoms with Crippen molar-refractivity contribution in [3.63, 3.8) is 0 Å². The first-order valence-electron chi connectivity index (χ1n) is 10.4. The number of carbonyl (C=O) groups excluding carboxylic acids is 3. The van der Waals surface area contributed by atoms with E-state index >= 15 is 0 Å². The maximum Gasteiger partial charge on any atom is 0.325 e. The first-order chi connectivity index (χ1) is 14.2. The van der Waals surface area contributed by atoms with Crippen molar-refractivity contribution in [3.8, 4) is 5.69 Å². The van der Waals surface area contributed by atoms with Crippen LogP contribution >= 0.6 is 11.6 Å². The predicted octanol–water partition coefficient (Wildman–Crippen LogP) is 4.43. The molecule has 3 amide bonds. The molecular formula is C23H26ClN3O3. The number of ketones is 1. The number of carbonyl (C=O) groups is 3. The summed E-state index contributed by atoms with van der Waals surface area (Å²) in [6, 6.07) is 8.73. The van der Waals surface area contributed by atoms with Crippen LogP contribution < -0.4 is 5.32 Å². The lowest BCUT2D eigenvalue weighted by atomic mass is 9.73. The fraction of sp³-hybridized carbons (Fsp3) is 0.435. The Kier molecular flexibility index (Phi) is 5.22. The van der Waals surface area contributed by atoms with Crippen molar-refractivity contribution in [1.29, 1.82) is 0 Å². The summed E-state index contributed by atoms with van der Waals surface area (Å²) in [4.78, 5) is 40.0. The van der Waals surface area contributed by atoms with E-state index in [9.17, 15) is 14.4 Å². The summed E-state index contributed by atoms with van der Waals surface area (Å²) in [5.41, 5.74) is 2.23. The van der Waals surface area contributed by atoms with E-state index in [-0.39, 0.29) is 24.2 Å². The van der Waals surface area contributed by atoms with Crippen LogP contribution in [-0.4, -0.2) is 39.3 Å². The Balaban J connectivity index is 1.59. The van der Waals surface area contributed by atoms with Gasteiger partial charge in [0.1, 0.15) is 5.54 Å². The van der Waals surface area contributed by atoms with Crippen molar-refractivity contribution >= 4 is 29.3 Å². The van der Waals surface area contributed by atoms with Crippen LogP contribution in [0.4, 0.5) is 4.79 Å². The standard InChI is InChI=1S/C23H26ClN3O3/c1-14-6-4-5-11-23(14)21(29)26(22(30)25-23)13-20(28)19-12-15(2)27(16(19)3)18-9-7-17(24)8-10-18/h7-10,12,14H,4-6,11,13H2,1-3H3,(H,25,30). The Morgan fingerprint density at radius 2 is 1.90 bits per heavy atom. The molecule has 2 fully saturated rings. The van der Waals surface area contributed by atoms with Gasteiger partial charge in [0.05, 0.1) is 6.54 Å². The van der Waals surface area contributed by atoms with Crippen molar-refractivity contribution in [1.82, 2.24) is 14.8 Å². The maximum absolute atomic E-state index is 13.2. The molecular weight excluding hydrogens is 402 g/mol. The third-order valence-electron chi connectivity index (χ3n) is 6.62. The molecule has 4 rings (SSSR count). The monoisotopic (exact) mass is 427 g/mol. The second-order valence-corrected chi connectivity index (χ2v) is 8.90. The van der Waals surface area contributed by atoms with Crippen molar-refractivity contribution in [2.75, 3.05) is 6.54 Å². The van der Waals surface area contributed by atoms with Crippen LogP contribution in [0.15, 0.2) is 30.3 Å². The van der Waals surface area contributed by atoms with Crippen molar-refractivity contribution in [3.05, 3.63) is 52.3 Å². The Labute approximate surface area is 181 Å². The Bertz CT molecular complexity index is 1030. The zero-order valence-corrected chi connectivity index (χ0v) is 18.3. The molecule has 2 aliphatic rings. The SMILES string of the molecule is Cc1cc(C(=O)CN2C(=O)NC3(CCCCC3C)C2=O)c(C)n1-c1ccc(Cl)cc1. The van der Waals surface area contributed by atoms with Crippen molar-refractivity contribution in [2.45, 2.75) is 52.0 Å². The number of nitrogens with one attached hydrogen (secondary N) is 1. The normalized spacial score (nSPS) is 23.9. The summed E-state index contributed by atoms with van der Waals surface area (Å²) in [5, 5.41) is 3.55. The molecule has 1 aromatic heterocycles. The number of Topliss-reactive ketones (excluding diaryl/α,β-unsaturated/α-hetero) is 1. The van der Waals surface area contributed by atoms with Gasteiger partial charge in [0.15, 0.2) is 5.78 Å². The molecule has 1 saturated carbocycles. The van der Waals surface area contributed by atoms with Gasteiger partial charge in [-0.15, -0.1) is 0 Å². The summed E-state index contributed by atoms with van der Waals surface area (Å²) in [7, 11) is 0. The van der Waals surface area contributed by atoms with Crippen LogP contribution in [0, 0.1) is 19.8 Å². The van der Waals surface area contributed by atoms with E-state index < -0.39 is 11.6 Å². The van der Waals surface area contributed by atoms with Crippen LogP contribution in [0.5, 0.6) is 0 Å². The molecule has 0 radical (unpaired) electrons. The number of amides is 3. The first-order valence-corrected chi connectivity index (χ1v) is 10.7. The number of hydrogen-bond donors (Lipinski definition) is 1. The molecule has 2 heterocycles. The average molecular weight is 428 g/mol. The second kappa shape index (κ2) is 7.58. The highest BCUT2D eigenvalue weighted by molar-refractivity contribution is 6.30. The van der Waals surface area contributed by atoms with Gasteiger partial charge in [-0.25, -0.2) is 4.79 Å². The number of benzene rings is 1. The number of halogens is 1. The molecule has 2 aromatic rings. The summed E-state index contributed by atoms with van der Waals surface area (Å²) in [6.07, 6.45) is 3.49. The Morgan fingerprint density at radius 3 is 2.57 bits per heavy atom. The lowest BCUT2D eigenvalue weighted by Crippen LogP contribution is -2.54. The fourth-order valence-corrected chi connectivity index (χ4v) is 5.03. The molecule has 2 unspecified atom stereocenters. The zero-order valence-electron chi connectivity index (χ0n) is 17.5. The minimum absolute atomic E-state index is 0.0674. The van der Waals surface area contributed by atoms with E-state index in [1.165, 1.54) is 0 Å². The molecule has 0 bridgehead atoms. The number of rotatable bonds is 4. The topological polar surface area (TPSA) is 71.4 Å². The second-order valence-electron chi connectivity index (χ2n) is 8.46. The summed E-state index contributed by atoms with van der Waals surface area (Å²) in [5.74, 6) is -0.440. The maximum atomic E-state index is 13.2. The zero-order chi connectivity index (χ0) is 21.6. The minimum Gasteiger partial charge on any atom is -0.323 e. The van der Waals surface area contributed by atoms with Gasteiger partial charge in [-0.1, -0.05) is 31.4 Å². The van der Waals surface area contributed by atoms with Gasteiger partial charge in [-0.3, -0.25) is 14.5 Å². The molecule has 2 atom stereocenters. The van der Waals surface area contributed by atoms with Crippen LogP contribution in [0.25, 0.3) is 5.69 Å². The lowest BCUT2D eigenvalue weighted by Gasteiger charge is -2.36. The molecule has 6 nitrogen and oxygen atoms in total. The van der Waals surface area contributed by atoms with Gasteiger partial charge in [-0.05, 0) is 62.9 Å².